The Kier molecular flexibility index (Phi) is 4.74. The van der Waals surface area contributed by atoms with Crippen molar-refractivity contribution < 1.29 is 13.6 Å². The average molecular weight is 293 g/mol. The molecule has 2 nitrogen and oxygen atoms in total. The van der Waals surface area contributed by atoms with Crippen LogP contribution in [0.25, 0.3) is 0 Å². The zero-order chi connectivity index (χ0) is 14.5. The summed E-state index contributed by atoms with van der Waals surface area (Å²) < 4.78 is 26.4. The van der Waals surface area contributed by atoms with Crippen LogP contribution in [0.15, 0.2) is 47.4 Å². The van der Waals surface area contributed by atoms with Gasteiger partial charge in [0.25, 0.3) is 5.91 Å². The molecule has 0 aliphatic carbocycles. The van der Waals surface area contributed by atoms with E-state index in [2.05, 4.69) is 17.9 Å². The van der Waals surface area contributed by atoms with E-state index in [9.17, 15) is 13.6 Å². The van der Waals surface area contributed by atoms with E-state index in [4.69, 9.17) is 0 Å². The Bertz CT molecular complexity index is 631. The van der Waals surface area contributed by atoms with E-state index in [1.54, 1.807) is 18.2 Å². The van der Waals surface area contributed by atoms with Crippen LogP contribution >= 0.6 is 12.6 Å². The number of carbonyl (C=O) groups excluding carboxylic acids is 1. The van der Waals surface area contributed by atoms with Crippen LogP contribution in [0.2, 0.25) is 0 Å². The van der Waals surface area contributed by atoms with Gasteiger partial charge in [0.2, 0.25) is 0 Å². The van der Waals surface area contributed by atoms with Gasteiger partial charge in [0.15, 0.2) is 0 Å². The first kappa shape index (κ1) is 14.5. The second-order valence-electron chi connectivity index (χ2n) is 4.26. The molecule has 5 heteroatoms. The molecule has 0 bridgehead atoms. The van der Waals surface area contributed by atoms with Gasteiger partial charge in [-0.25, -0.2) is 8.78 Å². The molecule has 0 saturated carbocycles. The molecule has 0 heterocycles. The van der Waals surface area contributed by atoms with E-state index in [1.165, 1.54) is 24.3 Å². The number of rotatable bonds is 4. The third-order valence-electron chi connectivity index (χ3n) is 2.85. The normalized spacial score (nSPS) is 10.3. The number of carbonyl (C=O) groups is 1. The van der Waals surface area contributed by atoms with E-state index in [0.717, 1.165) is 0 Å². The first-order valence-electron chi connectivity index (χ1n) is 6.08. The van der Waals surface area contributed by atoms with Crippen LogP contribution in [0.1, 0.15) is 15.9 Å². The molecule has 0 atom stereocenters. The van der Waals surface area contributed by atoms with Crippen molar-refractivity contribution >= 4 is 18.5 Å². The molecule has 0 aliphatic heterocycles. The number of hydrogen-bond donors (Lipinski definition) is 2. The van der Waals surface area contributed by atoms with Crippen LogP contribution in [-0.4, -0.2) is 12.5 Å². The topological polar surface area (TPSA) is 29.1 Å². The zero-order valence-electron chi connectivity index (χ0n) is 10.6. The van der Waals surface area contributed by atoms with Gasteiger partial charge in [-0.1, -0.05) is 18.2 Å². The smallest absolute Gasteiger partial charge is 0.251 e. The number of nitrogens with one attached hydrogen (secondary N) is 1. The minimum absolute atomic E-state index is 0.117. The number of hydrogen-bond acceptors (Lipinski definition) is 2. The van der Waals surface area contributed by atoms with E-state index in [-0.39, 0.29) is 16.6 Å². The van der Waals surface area contributed by atoms with Gasteiger partial charge in [-0.3, -0.25) is 4.79 Å². The van der Waals surface area contributed by atoms with Gasteiger partial charge in [0.1, 0.15) is 11.6 Å². The van der Waals surface area contributed by atoms with Gasteiger partial charge in [0.05, 0.1) is 0 Å². The lowest BCUT2D eigenvalue weighted by molar-refractivity contribution is 0.0953. The van der Waals surface area contributed by atoms with Gasteiger partial charge in [-0.2, -0.15) is 0 Å². The molecule has 1 amide bonds. The van der Waals surface area contributed by atoms with Crippen LogP contribution in [0.4, 0.5) is 8.78 Å². The molecule has 0 unspecified atom stereocenters. The lowest BCUT2D eigenvalue weighted by atomic mass is 10.1. The lowest BCUT2D eigenvalue weighted by Gasteiger charge is -2.07. The van der Waals surface area contributed by atoms with Gasteiger partial charge in [-0.05, 0) is 36.2 Å². The Balaban J connectivity index is 1.92. The van der Waals surface area contributed by atoms with Crippen molar-refractivity contribution in [3.8, 4) is 0 Å². The highest BCUT2D eigenvalue weighted by Crippen LogP contribution is 2.14. The van der Waals surface area contributed by atoms with Gasteiger partial charge >= 0.3 is 0 Å². The highest BCUT2D eigenvalue weighted by molar-refractivity contribution is 7.80. The zero-order valence-corrected chi connectivity index (χ0v) is 11.5. The second kappa shape index (κ2) is 6.52. The molecule has 104 valence electrons. The van der Waals surface area contributed by atoms with Crippen molar-refractivity contribution in [2.45, 2.75) is 11.3 Å². The molecule has 0 fully saturated rings. The molecule has 1 N–H and O–H groups in total. The number of benzene rings is 2. The maximum absolute atomic E-state index is 13.4. The van der Waals surface area contributed by atoms with Crippen LogP contribution in [0.5, 0.6) is 0 Å². The molecule has 2 aromatic carbocycles. The summed E-state index contributed by atoms with van der Waals surface area (Å²) in [7, 11) is 0. The van der Waals surface area contributed by atoms with Crippen LogP contribution in [0.3, 0.4) is 0 Å². The van der Waals surface area contributed by atoms with Crippen molar-refractivity contribution in [2.24, 2.45) is 0 Å². The summed E-state index contributed by atoms with van der Waals surface area (Å²) in [4.78, 5) is 11.9. The first-order chi connectivity index (χ1) is 9.58. The largest absolute Gasteiger partial charge is 0.352 e. The monoisotopic (exact) mass is 293 g/mol. The van der Waals surface area contributed by atoms with Crippen LogP contribution < -0.4 is 5.32 Å². The molecular weight excluding hydrogens is 280 g/mol. The molecular formula is C15H13F2NOS. The van der Waals surface area contributed by atoms with Crippen LogP contribution in [0, 0.1) is 11.6 Å². The Hall–Kier alpha value is -1.88. The third kappa shape index (κ3) is 3.57. The molecule has 2 aromatic rings. The van der Waals surface area contributed by atoms with Crippen molar-refractivity contribution in [1.82, 2.24) is 5.32 Å². The Morgan fingerprint density at radius 3 is 2.55 bits per heavy atom. The molecule has 2 rings (SSSR count). The maximum Gasteiger partial charge on any atom is 0.251 e. The predicted octanol–water partition coefficient (Wildman–Crippen LogP) is 3.23. The fraction of sp³-hybridized carbons (Fsp3) is 0.133. The summed E-state index contributed by atoms with van der Waals surface area (Å²) in [5.74, 6) is -1.10. The number of thiol groups is 1. The molecule has 0 aliphatic rings. The number of amides is 1. The summed E-state index contributed by atoms with van der Waals surface area (Å²) in [6.07, 6.45) is 0.396. The maximum atomic E-state index is 13.4. The number of halogens is 2. The standard InChI is InChI=1S/C15H13F2NOS/c16-12-4-2-1-3-10(12)7-8-18-15(19)11-5-6-13(17)14(20)9-11/h1-6,9,20H,7-8H2,(H,18,19). The van der Waals surface area contributed by atoms with Gasteiger partial charge in [-0.15, -0.1) is 12.6 Å². The SMILES string of the molecule is O=C(NCCc1ccccc1F)c1ccc(F)c(S)c1. The summed E-state index contributed by atoms with van der Waals surface area (Å²) >= 11 is 3.92. The van der Waals surface area contributed by atoms with Crippen molar-refractivity contribution in [2.75, 3.05) is 6.54 Å². The van der Waals surface area contributed by atoms with E-state index >= 15 is 0 Å². The van der Waals surface area contributed by atoms with Gasteiger partial charge < -0.3 is 5.32 Å². The Labute approximate surface area is 121 Å². The van der Waals surface area contributed by atoms with E-state index in [1.807, 2.05) is 0 Å². The first-order valence-corrected chi connectivity index (χ1v) is 6.53. The fourth-order valence-electron chi connectivity index (χ4n) is 1.77. The molecule has 0 radical (unpaired) electrons. The molecule has 0 aromatic heterocycles. The Morgan fingerprint density at radius 1 is 1.10 bits per heavy atom. The van der Waals surface area contributed by atoms with Gasteiger partial charge in [0, 0.05) is 17.0 Å². The molecule has 0 saturated heterocycles. The highest BCUT2D eigenvalue weighted by Gasteiger charge is 2.08. The second-order valence-corrected chi connectivity index (χ2v) is 4.75. The van der Waals surface area contributed by atoms with Crippen molar-refractivity contribution in [1.29, 1.82) is 0 Å². The molecule has 0 spiro atoms. The van der Waals surface area contributed by atoms with Crippen molar-refractivity contribution in [3.05, 3.63) is 65.2 Å². The predicted molar refractivity (Wildman–Crippen MR) is 76.1 cm³/mol. The quantitative estimate of drug-likeness (QED) is 0.833. The minimum atomic E-state index is -0.476. The highest BCUT2D eigenvalue weighted by atomic mass is 32.1. The summed E-state index contributed by atoms with van der Waals surface area (Å²) in [5.41, 5.74) is 0.867. The van der Waals surface area contributed by atoms with E-state index in [0.29, 0.717) is 24.1 Å². The van der Waals surface area contributed by atoms with Crippen molar-refractivity contribution in [3.63, 3.8) is 0 Å². The minimum Gasteiger partial charge on any atom is -0.352 e. The summed E-state index contributed by atoms with van der Waals surface area (Å²) in [6.45, 7) is 0.305. The van der Waals surface area contributed by atoms with Crippen LogP contribution in [-0.2, 0) is 6.42 Å². The third-order valence-corrected chi connectivity index (χ3v) is 3.19. The van der Waals surface area contributed by atoms with E-state index < -0.39 is 5.82 Å². The fourth-order valence-corrected chi connectivity index (χ4v) is 1.98. The Morgan fingerprint density at radius 2 is 1.85 bits per heavy atom. The summed E-state index contributed by atoms with van der Waals surface area (Å²) in [5, 5.41) is 2.66. The molecule has 20 heavy (non-hydrogen) atoms. The summed E-state index contributed by atoms with van der Waals surface area (Å²) in [6, 6.07) is 10.3. The lowest BCUT2D eigenvalue weighted by Crippen LogP contribution is -2.25. The average Bonchev–Trinajstić information content (AvgIpc) is 2.44.